The fourth-order valence-corrected chi connectivity index (χ4v) is 5.28. The fourth-order valence-electron chi connectivity index (χ4n) is 5.28. The van der Waals surface area contributed by atoms with Gasteiger partial charge in [0.15, 0.2) is 18.9 Å². The van der Waals surface area contributed by atoms with Crippen LogP contribution < -0.4 is 0 Å². The first-order chi connectivity index (χ1) is 20.2. The predicted octanol–water partition coefficient (Wildman–Crippen LogP) is -3.40. The molecular formula is C26H48O16. The van der Waals surface area contributed by atoms with Gasteiger partial charge in [-0.05, 0) is 27.7 Å². The highest BCUT2D eigenvalue weighted by Crippen LogP contribution is 2.34. The molecule has 0 unspecified atom stereocenters. The summed E-state index contributed by atoms with van der Waals surface area (Å²) in [5, 5.41) is 72.1. The number of rotatable bonds is 15. The minimum Gasteiger partial charge on any atom is -0.394 e. The first-order valence-electron chi connectivity index (χ1n) is 14.5. The molecule has 3 saturated heterocycles. The van der Waals surface area contributed by atoms with Gasteiger partial charge >= 0.3 is 0 Å². The molecule has 0 saturated carbocycles. The molecule has 0 bridgehead atoms. The summed E-state index contributed by atoms with van der Waals surface area (Å²) in [5.41, 5.74) is 0. The predicted molar refractivity (Wildman–Crippen MR) is 139 cm³/mol. The highest BCUT2D eigenvalue weighted by atomic mass is 16.8. The van der Waals surface area contributed by atoms with E-state index >= 15 is 0 Å². The summed E-state index contributed by atoms with van der Waals surface area (Å²) in [6, 6.07) is 0. The smallest absolute Gasteiger partial charge is 0.187 e. The van der Waals surface area contributed by atoms with Crippen LogP contribution in [0.15, 0.2) is 0 Å². The maximum Gasteiger partial charge on any atom is 0.187 e. The molecule has 3 heterocycles. The van der Waals surface area contributed by atoms with Crippen LogP contribution in [0.4, 0.5) is 0 Å². The van der Waals surface area contributed by atoms with Gasteiger partial charge in [-0.15, -0.1) is 0 Å². The molecule has 15 atom stereocenters. The van der Waals surface area contributed by atoms with Gasteiger partial charge in [0.1, 0.15) is 73.2 Å². The molecule has 3 fully saturated rings. The molecule has 16 heteroatoms. The van der Waals surface area contributed by atoms with Crippen molar-refractivity contribution in [2.75, 3.05) is 46.2 Å². The molecule has 0 amide bonds. The summed E-state index contributed by atoms with van der Waals surface area (Å²) in [4.78, 5) is 0. The minimum absolute atomic E-state index is 0.0742. The molecule has 3 rings (SSSR count). The number of aliphatic hydroxyl groups is 7. The Hall–Kier alpha value is -0.640. The third kappa shape index (κ3) is 8.14. The largest absolute Gasteiger partial charge is 0.394 e. The van der Waals surface area contributed by atoms with Gasteiger partial charge in [0.2, 0.25) is 0 Å². The molecule has 0 aliphatic carbocycles. The van der Waals surface area contributed by atoms with Crippen molar-refractivity contribution < 1.29 is 78.4 Å². The van der Waals surface area contributed by atoms with Gasteiger partial charge in [-0.25, -0.2) is 0 Å². The highest BCUT2D eigenvalue weighted by molar-refractivity contribution is 4.97. The third-order valence-electron chi connectivity index (χ3n) is 7.38. The molecule has 0 spiro atoms. The van der Waals surface area contributed by atoms with Crippen molar-refractivity contribution >= 4 is 0 Å². The van der Waals surface area contributed by atoms with E-state index < -0.39 is 105 Å². The monoisotopic (exact) mass is 616 g/mol. The van der Waals surface area contributed by atoms with Crippen LogP contribution >= 0.6 is 0 Å². The van der Waals surface area contributed by atoms with Crippen molar-refractivity contribution in [3.63, 3.8) is 0 Å². The van der Waals surface area contributed by atoms with Crippen LogP contribution in [-0.4, -0.2) is 174 Å². The van der Waals surface area contributed by atoms with Gasteiger partial charge in [0.05, 0.1) is 19.8 Å². The second-order valence-corrected chi connectivity index (χ2v) is 10.1. The quantitative estimate of drug-likeness (QED) is 0.0952. The van der Waals surface area contributed by atoms with Crippen molar-refractivity contribution in [1.82, 2.24) is 0 Å². The maximum absolute atomic E-state index is 11.1. The maximum atomic E-state index is 11.1. The van der Waals surface area contributed by atoms with Crippen LogP contribution in [0.2, 0.25) is 0 Å². The van der Waals surface area contributed by atoms with Crippen molar-refractivity contribution in [3.05, 3.63) is 0 Å². The summed E-state index contributed by atoms with van der Waals surface area (Å²) >= 11 is 0. The van der Waals surface area contributed by atoms with Crippen molar-refractivity contribution in [2.24, 2.45) is 0 Å². The summed E-state index contributed by atoms with van der Waals surface area (Å²) < 4.78 is 52.5. The summed E-state index contributed by atoms with van der Waals surface area (Å²) in [6.45, 7) is 7.20. The van der Waals surface area contributed by atoms with Crippen molar-refractivity contribution in [2.45, 2.75) is 120 Å². The minimum atomic E-state index is -1.78. The van der Waals surface area contributed by atoms with E-state index in [1.54, 1.807) is 13.8 Å². The van der Waals surface area contributed by atoms with Gasteiger partial charge in [0.25, 0.3) is 0 Å². The van der Waals surface area contributed by atoms with E-state index in [1.165, 1.54) is 0 Å². The van der Waals surface area contributed by atoms with Crippen LogP contribution in [-0.2, 0) is 42.6 Å². The Kier molecular flexibility index (Phi) is 14.6. The molecule has 0 aromatic heterocycles. The average molecular weight is 617 g/mol. The van der Waals surface area contributed by atoms with E-state index in [1.807, 2.05) is 13.8 Å². The lowest BCUT2D eigenvalue weighted by Gasteiger charge is -2.49. The molecule has 248 valence electrons. The molecule has 0 aromatic carbocycles. The van der Waals surface area contributed by atoms with Crippen LogP contribution in [0.1, 0.15) is 27.7 Å². The first kappa shape index (κ1) is 35.8. The van der Waals surface area contributed by atoms with E-state index in [4.69, 9.17) is 42.6 Å². The zero-order chi connectivity index (χ0) is 31.0. The second-order valence-electron chi connectivity index (χ2n) is 10.1. The number of hydrogen-bond donors (Lipinski definition) is 7. The van der Waals surface area contributed by atoms with Crippen LogP contribution in [0.5, 0.6) is 0 Å². The van der Waals surface area contributed by atoms with Crippen LogP contribution in [0.3, 0.4) is 0 Å². The summed E-state index contributed by atoms with van der Waals surface area (Å²) in [5.74, 6) is 0. The summed E-state index contributed by atoms with van der Waals surface area (Å²) in [7, 11) is 0. The fraction of sp³-hybridized carbons (Fsp3) is 1.00. The zero-order valence-corrected chi connectivity index (χ0v) is 24.4. The Balaban J connectivity index is 1.82. The van der Waals surface area contributed by atoms with Crippen molar-refractivity contribution in [3.8, 4) is 0 Å². The zero-order valence-electron chi connectivity index (χ0n) is 24.4. The highest BCUT2D eigenvalue weighted by Gasteiger charge is 2.54. The molecule has 0 aromatic rings. The average Bonchev–Trinajstić information content (AvgIpc) is 2.98. The first-order valence-corrected chi connectivity index (χ1v) is 14.5. The van der Waals surface area contributed by atoms with Crippen LogP contribution in [0.25, 0.3) is 0 Å². The molecular weight excluding hydrogens is 568 g/mol. The van der Waals surface area contributed by atoms with Crippen LogP contribution in [0, 0.1) is 0 Å². The Morgan fingerprint density at radius 2 is 1.00 bits per heavy atom. The Bertz CT molecular complexity index is 760. The molecule has 7 N–H and O–H groups in total. The Labute approximate surface area is 244 Å². The lowest BCUT2D eigenvalue weighted by molar-refractivity contribution is -0.382. The second kappa shape index (κ2) is 17.2. The number of aliphatic hydroxyl groups excluding tert-OH is 7. The van der Waals surface area contributed by atoms with Gasteiger partial charge in [-0.3, -0.25) is 0 Å². The van der Waals surface area contributed by atoms with Gasteiger partial charge < -0.3 is 78.4 Å². The third-order valence-corrected chi connectivity index (χ3v) is 7.38. The molecule has 3 aliphatic heterocycles. The molecule has 42 heavy (non-hydrogen) atoms. The topological polar surface area (TPSA) is 225 Å². The van der Waals surface area contributed by atoms with E-state index in [2.05, 4.69) is 0 Å². The normalized spacial score (nSPS) is 44.8. The Morgan fingerprint density at radius 1 is 0.476 bits per heavy atom. The Morgan fingerprint density at radius 3 is 1.57 bits per heavy atom. The van der Waals surface area contributed by atoms with Gasteiger partial charge in [-0.1, -0.05) is 0 Å². The van der Waals surface area contributed by atoms with Gasteiger partial charge in [-0.2, -0.15) is 0 Å². The standard InChI is InChI=1S/C26H48O16/c1-5-34-11-14-21(22(35-6-2)23(36-7-3)26(40-14)37-8-4)42-25-19(33)17(31)20(13(10-28)39-25)41-24-18(32)16(30)15(29)12(9-27)38-24/h12-33H,5-11H2,1-4H3/t12-,13-,14-,15-,16+,17-,18-,19-,20-,21-,22+,23-,24+,25+,26-/m1/s1. The van der Waals surface area contributed by atoms with E-state index in [0.29, 0.717) is 19.8 Å². The van der Waals surface area contributed by atoms with Gasteiger partial charge in [0, 0.05) is 26.4 Å². The molecule has 16 nitrogen and oxygen atoms in total. The molecule has 0 radical (unpaired) electrons. The van der Waals surface area contributed by atoms with E-state index in [9.17, 15) is 35.7 Å². The number of hydrogen-bond acceptors (Lipinski definition) is 16. The van der Waals surface area contributed by atoms with Crippen molar-refractivity contribution in [1.29, 1.82) is 0 Å². The van der Waals surface area contributed by atoms with E-state index in [-0.39, 0.29) is 13.2 Å². The van der Waals surface area contributed by atoms with E-state index in [0.717, 1.165) is 0 Å². The lowest BCUT2D eigenvalue weighted by Crippen LogP contribution is -2.67. The summed E-state index contributed by atoms with van der Waals surface area (Å²) in [6.07, 6.45) is -19.8. The number of ether oxygens (including phenoxy) is 9. The lowest BCUT2D eigenvalue weighted by atomic mass is 9.96. The molecule has 3 aliphatic rings. The SMILES string of the molecule is CCOC[C@H]1O[C@@H](OCC)[C@H](OCC)[C@@H](OCC)[C@@H]1O[C@@H]1O[C@H](CO)[C@@H](O[C@@H]2O[C@H](CO)[C@@H](O)[C@H](O)[C@H]2O)[C@H](O)[C@H]1O.